The lowest BCUT2D eigenvalue weighted by Gasteiger charge is -2.60. The Morgan fingerprint density at radius 1 is 1.00 bits per heavy atom. The van der Waals surface area contributed by atoms with Crippen LogP contribution in [0, 0.1) is 28.6 Å². The van der Waals surface area contributed by atoms with Crippen LogP contribution in [0.15, 0.2) is 42.0 Å². The molecule has 0 radical (unpaired) electrons. The van der Waals surface area contributed by atoms with E-state index >= 15 is 0 Å². The third-order valence-corrected chi connectivity index (χ3v) is 12.6. The molecule has 4 fully saturated rings. The fourth-order valence-electron chi connectivity index (χ4n) is 10.2. The maximum absolute atomic E-state index is 13.9. The van der Waals surface area contributed by atoms with Crippen molar-refractivity contribution in [1.82, 2.24) is 0 Å². The Hall–Kier alpha value is -2.10. The number of ether oxygens (including phenoxy) is 3. The summed E-state index contributed by atoms with van der Waals surface area (Å²) in [6, 6.07) is 8.71. The molecule has 8 nitrogen and oxygen atoms in total. The Balaban J connectivity index is 1.31. The zero-order chi connectivity index (χ0) is 32.8. The number of ketones is 1. The molecular weight excluding hydrogens is 572 g/mol. The van der Waals surface area contributed by atoms with Crippen LogP contribution in [-0.2, 0) is 19.0 Å². The molecule has 3 N–H and O–H groups in total. The first kappa shape index (κ1) is 32.8. The topological polar surface area (TPSA) is 123 Å². The number of aliphatic hydroxyl groups is 3. The van der Waals surface area contributed by atoms with E-state index in [9.17, 15) is 24.9 Å². The van der Waals surface area contributed by atoms with E-state index in [1.54, 1.807) is 51.1 Å². The summed E-state index contributed by atoms with van der Waals surface area (Å²) in [4.78, 5) is 27.1. The molecule has 0 amide bonds. The summed E-state index contributed by atoms with van der Waals surface area (Å²) in [6.45, 7) is 13.2. The number of hydrogen-bond donors (Lipinski definition) is 3. The molecule has 45 heavy (non-hydrogen) atoms. The van der Waals surface area contributed by atoms with Gasteiger partial charge in [0.2, 0.25) is 0 Å². The van der Waals surface area contributed by atoms with Crippen molar-refractivity contribution in [2.75, 3.05) is 0 Å². The van der Waals surface area contributed by atoms with E-state index in [-0.39, 0.29) is 41.7 Å². The van der Waals surface area contributed by atoms with Crippen molar-refractivity contribution in [1.29, 1.82) is 0 Å². The molecule has 10 atom stereocenters. The Morgan fingerprint density at radius 2 is 1.67 bits per heavy atom. The molecule has 0 spiro atoms. The van der Waals surface area contributed by atoms with Gasteiger partial charge in [-0.3, -0.25) is 4.79 Å². The molecule has 1 saturated heterocycles. The molecule has 1 aliphatic heterocycles. The average Bonchev–Trinajstić information content (AvgIpc) is 3.40. The van der Waals surface area contributed by atoms with Crippen molar-refractivity contribution >= 4 is 11.8 Å². The van der Waals surface area contributed by atoms with Gasteiger partial charge in [-0.2, -0.15) is 0 Å². The van der Waals surface area contributed by atoms with E-state index in [1.165, 1.54) is 0 Å². The Bertz CT molecular complexity index is 1360. The van der Waals surface area contributed by atoms with Crippen LogP contribution in [0.2, 0.25) is 0 Å². The first-order valence-electron chi connectivity index (χ1n) is 16.9. The number of benzene rings is 1. The van der Waals surface area contributed by atoms with E-state index < -0.39 is 46.0 Å². The van der Waals surface area contributed by atoms with Gasteiger partial charge in [0, 0.05) is 11.3 Å². The second-order valence-corrected chi connectivity index (χ2v) is 16.5. The maximum atomic E-state index is 13.9. The van der Waals surface area contributed by atoms with E-state index in [2.05, 4.69) is 6.92 Å². The summed E-state index contributed by atoms with van der Waals surface area (Å²) >= 11 is 0. The van der Waals surface area contributed by atoms with E-state index in [4.69, 9.17) is 14.2 Å². The Kier molecular flexibility index (Phi) is 7.81. The number of fused-ring (bicyclic) bond motifs is 6. The number of allylic oxidation sites excluding steroid dienone is 1. The molecule has 0 aromatic heterocycles. The lowest BCUT2D eigenvalue weighted by atomic mass is 9.45. The number of hydrogen-bond acceptors (Lipinski definition) is 8. The quantitative estimate of drug-likeness (QED) is 0.339. The highest BCUT2D eigenvalue weighted by Crippen LogP contribution is 2.69. The van der Waals surface area contributed by atoms with Crippen LogP contribution in [0.5, 0.6) is 0 Å². The summed E-state index contributed by atoms with van der Waals surface area (Å²) in [5.41, 5.74) is -3.77. The van der Waals surface area contributed by atoms with Crippen molar-refractivity contribution in [3.63, 3.8) is 0 Å². The Labute approximate surface area is 267 Å². The second-order valence-electron chi connectivity index (χ2n) is 16.5. The van der Waals surface area contributed by atoms with Crippen LogP contribution >= 0.6 is 0 Å². The summed E-state index contributed by atoms with van der Waals surface area (Å²) in [5, 5.41) is 35.8. The third-order valence-electron chi connectivity index (χ3n) is 12.6. The van der Waals surface area contributed by atoms with Crippen LogP contribution in [0.25, 0.3) is 0 Å². The lowest BCUT2D eigenvalue weighted by molar-refractivity contribution is -0.175. The highest BCUT2D eigenvalue weighted by Gasteiger charge is 2.70. The zero-order valence-electron chi connectivity index (χ0n) is 28.0. The SMILES string of the molecule is CC(C)(O)CCC(OC(=O)c1ccccc1)C(C)(O)C1CCC2(O)C3=CC(=O)C4CC5OC(C)(C)OC5CC4(C)C3CCC12C. The molecule has 4 aliphatic carbocycles. The number of esters is 1. The maximum Gasteiger partial charge on any atom is 0.338 e. The van der Waals surface area contributed by atoms with Crippen molar-refractivity contribution in [3.8, 4) is 0 Å². The minimum Gasteiger partial charge on any atom is -0.456 e. The fraction of sp³-hybridized carbons (Fsp3) is 0.730. The molecule has 5 aliphatic rings. The minimum absolute atomic E-state index is 0.0112. The summed E-state index contributed by atoms with van der Waals surface area (Å²) in [6.07, 6.45) is 4.84. The standard InChI is InChI=1S/C37H52O8/c1-32(2,40)16-15-30(43-31(39)22-11-9-8-10-12-22)36(7,41)29-14-18-37(42)24-19-26(38)25-20-27-28(45-33(3,4)44-27)21-34(25,5)23(24)13-17-35(29,37)6/h8-12,19,23,25,27-30,40-42H,13-18,20-21H2,1-7H3. The van der Waals surface area contributed by atoms with E-state index in [0.29, 0.717) is 44.1 Å². The van der Waals surface area contributed by atoms with Gasteiger partial charge in [-0.1, -0.05) is 32.0 Å². The van der Waals surface area contributed by atoms with Gasteiger partial charge in [0.25, 0.3) is 0 Å². The van der Waals surface area contributed by atoms with Crippen molar-refractivity contribution < 1.29 is 39.1 Å². The minimum atomic E-state index is -1.51. The summed E-state index contributed by atoms with van der Waals surface area (Å²) in [5.74, 6) is -1.77. The first-order valence-corrected chi connectivity index (χ1v) is 16.9. The molecule has 248 valence electrons. The third kappa shape index (κ3) is 5.33. The molecule has 1 heterocycles. The van der Waals surface area contributed by atoms with Gasteiger partial charge in [0.1, 0.15) is 11.7 Å². The average molecular weight is 625 g/mol. The largest absolute Gasteiger partial charge is 0.456 e. The number of carbonyl (C=O) groups is 2. The van der Waals surface area contributed by atoms with Gasteiger partial charge >= 0.3 is 5.97 Å². The zero-order valence-corrected chi connectivity index (χ0v) is 28.0. The van der Waals surface area contributed by atoms with Crippen molar-refractivity contribution in [2.24, 2.45) is 28.6 Å². The highest BCUT2D eigenvalue weighted by atomic mass is 16.8. The molecule has 3 saturated carbocycles. The van der Waals surface area contributed by atoms with Gasteiger partial charge in [-0.05, 0) is 127 Å². The summed E-state index contributed by atoms with van der Waals surface area (Å²) in [7, 11) is 0. The second kappa shape index (κ2) is 10.7. The van der Waals surface area contributed by atoms with Gasteiger partial charge in [-0.25, -0.2) is 4.79 Å². The van der Waals surface area contributed by atoms with Crippen LogP contribution in [0.1, 0.15) is 110 Å². The van der Waals surface area contributed by atoms with Crippen molar-refractivity contribution in [2.45, 2.75) is 141 Å². The van der Waals surface area contributed by atoms with Crippen LogP contribution < -0.4 is 0 Å². The first-order chi connectivity index (χ1) is 20.8. The Morgan fingerprint density at radius 3 is 2.33 bits per heavy atom. The van der Waals surface area contributed by atoms with E-state index in [0.717, 1.165) is 12.0 Å². The monoisotopic (exact) mass is 624 g/mol. The molecule has 10 unspecified atom stereocenters. The lowest BCUT2D eigenvalue weighted by Crippen LogP contribution is -2.63. The normalized spacial score (nSPS) is 40.7. The highest BCUT2D eigenvalue weighted by molar-refractivity contribution is 5.95. The smallest absolute Gasteiger partial charge is 0.338 e. The predicted octanol–water partition coefficient (Wildman–Crippen LogP) is 5.52. The van der Waals surface area contributed by atoms with Crippen molar-refractivity contribution in [3.05, 3.63) is 47.5 Å². The number of carbonyl (C=O) groups excluding carboxylic acids is 2. The fourth-order valence-corrected chi connectivity index (χ4v) is 10.2. The van der Waals surface area contributed by atoms with Gasteiger partial charge in [0.05, 0.1) is 29.0 Å². The molecule has 0 bridgehead atoms. The molecule has 8 heteroatoms. The number of rotatable bonds is 7. The van der Waals surface area contributed by atoms with Gasteiger partial charge in [0.15, 0.2) is 11.6 Å². The van der Waals surface area contributed by atoms with Gasteiger partial charge < -0.3 is 29.5 Å². The van der Waals surface area contributed by atoms with E-state index in [1.807, 2.05) is 26.8 Å². The molecular formula is C37H52O8. The van der Waals surface area contributed by atoms with Crippen LogP contribution in [0.3, 0.4) is 0 Å². The van der Waals surface area contributed by atoms with Crippen LogP contribution in [-0.4, -0.2) is 68.0 Å². The van der Waals surface area contributed by atoms with Gasteiger partial charge in [-0.15, -0.1) is 0 Å². The summed E-state index contributed by atoms with van der Waals surface area (Å²) < 4.78 is 18.5. The van der Waals surface area contributed by atoms with Crippen LogP contribution in [0.4, 0.5) is 0 Å². The predicted molar refractivity (Wildman–Crippen MR) is 168 cm³/mol. The molecule has 1 aromatic carbocycles. The molecule has 6 rings (SSSR count). The molecule has 1 aromatic rings.